The van der Waals surface area contributed by atoms with Crippen LogP contribution in [0.5, 0.6) is 0 Å². The summed E-state index contributed by atoms with van der Waals surface area (Å²) in [6.45, 7) is -0.0717. The Morgan fingerprint density at radius 3 is 2.39 bits per heavy atom. The van der Waals surface area contributed by atoms with Gasteiger partial charge in [0.2, 0.25) is 9.84 Å². The first-order valence-electron chi connectivity index (χ1n) is 8.59. The van der Waals surface area contributed by atoms with Crippen molar-refractivity contribution < 1.29 is 30.8 Å². The lowest BCUT2D eigenvalue weighted by Gasteiger charge is -2.10. The van der Waals surface area contributed by atoms with Crippen LogP contribution in [-0.2, 0) is 22.6 Å². The molecule has 3 rings (SSSR count). The second-order valence-electron chi connectivity index (χ2n) is 6.33. The number of amides is 1. The number of hydrogen-bond donors (Lipinski definition) is 1. The predicted molar refractivity (Wildman–Crippen MR) is 104 cm³/mol. The lowest BCUT2D eigenvalue weighted by Crippen LogP contribution is -2.23. The van der Waals surface area contributed by atoms with Crippen LogP contribution in [0.1, 0.15) is 21.6 Å². The Balaban J connectivity index is 1.73. The van der Waals surface area contributed by atoms with Crippen molar-refractivity contribution >= 4 is 27.3 Å². The Labute approximate surface area is 179 Å². The van der Waals surface area contributed by atoms with Gasteiger partial charge in [-0.2, -0.15) is 13.2 Å². The number of carbonyl (C=O) groups excluding carboxylic acids is 1. The molecule has 0 spiro atoms. The summed E-state index contributed by atoms with van der Waals surface area (Å²) in [4.78, 5) is 15.2. The molecule has 0 saturated carbocycles. The molecule has 0 bridgehead atoms. The number of carbonyl (C=O) groups is 1. The van der Waals surface area contributed by atoms with Crippen molar-refractivity contribution in [2.24, 2.45) is 0 Å². The molecule has 1 heterocycles. The van der Waals surface area contributed by atoms with Crippen molar-refractivity contribution in [3.05, 3.63) is 88.5 Å². The maximum Gasteiger partial charge on any atom is 0.416 e. The summed E-state index contributed by atoms with van der Waals surface area (Å²) in [6, 6.07) is 9.34. The number of alkyl halides is 3. The average molecular weight is 473 g/mol. The van der Waals surface area contributed by atoms with Crippen LogP contribution in [0.15, 0.2) is 70.6 Å². The molecule has 1 aromatic heterocycles. The number of rotatable bonds is 5. The zero-order valence-electron chi connectivity index (χ0n) is 15.5. The fourth-order valence-corrected chi connectivity index (χ4v) is 3.99. The van der Waals surface area contributed by atoms with Gasteiger partial charge in [-0.25, -0.2) is 12.8 Å². The second-order valence-corrected chi connectivity index (χ2v) is 8.68. The summed E-state index contributed by atoms with van der Waals surface area (Å²) in [5, 5.41) is 2.31. The molecule has 0 aliphatic rings. The van der Waals surface area contributed by atoms with Gasteiger partial charge in [0.25, 0.3) is 5.91 Å². The van der Waals surface area contributed by atoms with Crippen LogP contribution in [0.3, 0.4) is 0 Å². The molecule has 0 atom stereocenters. The van der Waals surface area contributed by atoms with E-state index in [4.69, 9.17) is 11.6 Å². The van der Waals surface area contributed by atoms with Gasteiger partial charge in [0.05, 0.1) is 32.6 Å². The first-order chi connectivity index (χ1) is 14.5. The molecular formula is C20H13ClF4N2O3S. The van der Waals surface area contributed by atoms with Crippen LogP contribution in [-0.4, -0.2) is 19.3 Å². The summed E-state index contributed by atoms with van der Waals surface area (Å²) < 4.78 is 77.0. The minimum atomic E-state index is -4.68. The quantitative estimate of drug-likeness (QED) is 0.548. The van der Waals surface area contributed by atoms with E-state index in [0.29, 0.717) is 11.8 Å². The number of benzene rings is 2. The van der Waals surface area contributed by atoms with Gasteiger partial charge in [0, 0.05) is 11.8 Å². The van der Waals surface area contributed by atoms with Crippen molar-refractivity contribution in [1.29, 1.82) is 0 Å². The summed E-state index contributed by atoms with van der Waals surface area (Å²) in [7, 11) is -4.22. The van der Waals surface area contributed by atoms with Gasteiger partial charge < -0.3 is 5.32 Å². The summed E-state index contributed by atoms with van der Waals surface area (Å²) >= 11 is 5.63. The lowest BCUT2D eigenvalue weighted by atomic mass is 10.2. The van der Waals surface area contributed by atoms with Gasteiger partial charge in [-0.1, -0.05) is 17.7 Å². The molecular weight excluding hydrogens is 460 g/mol. The zero-order valence-corrected chi connectivity index (χ0v) is 17.0. The predicted octanol–water partition coefficient (Wildman–Crippen LogP) is 4.66. The van der Waals surface area contributed by atoms with E-state index in [2.05, 4.69) is 10.3 Å². The molecule has 0 fully saturated rings. The van der Waals surface area contributed by atoms with Gasteiger partial charge in [0.15, 0.2) is 0 Å². The van der Waals surface area contributed by atoms with E-state index in [1.165, 1.54) is 18.2 Å². The maximum absolute atomic E-state index is 13.2. The first-order valence-corrected chi connectivity index (χ1v) is 10.4. The number of sulfone groups is 1. The van der Waals surface area contributed by atoms with E-state index < -0.39 is 38.2 Å². The van der Waals surface area contributed by atoms with Crippen molar-refractivity contribution in [3.8, 4) is 0 Å². The number of aromatic nitrogens is 1. The Morgan fingerprint density at radius 1 is 1.03 bits per heavy atom. The summed E-state index contributed by atoms with van der Waals surface area (Å²) in [5.41, 5.74) is -0.665. The smallest absolute Gasteiger partial charge is 0.346 e. The summed E-state index contributed by atoms with van der Waals surface area (Å²) in [5.74, 6) is -1.22. The molecule has 0 aliphatic heterocycles. The van der Waals surface area contributed by atoms with Crippen LogP contribution >= 0.6 is 11.6 Å². The molecule has 31 heavy (non-hydrogen) atoms. The van der Waals surface area contributed by atoms with Crippen LogP contribution in [0.4, 0.5) is 17.6 Å². The number of nitrogens with one attached hydrogen (secondary N) is 1. The van der Waals surface area contributed by atoms with Crippen LogP contribution in [0.2, 0.25) is 5.02 Å². The largest absolute Gasteiger partial charge is 0.416 e. The lowest BCUT2D eigenvalue weighted by molar-refractivity contribution is -0.137. The molecule has 1 amide bonds. The molecule has 2 aromatic carbocycles. The van der Waals surface area contributed by atoms with Crippen molar-refractivity contribution in [1.82, 2.24) is 10.3 Å². The standard InChI is InChI=1S/C20H13ClF4N2O3S/c21-17-8-12(4-7-18(17)22)19(28)27-10-14-5-6-16(11-26-14)31(29,30)15-3-1-2-13(9-15)20(23,24)25/h1-9,11H,10H2,(H,27,28). The third-order valence-electron chi connectivity index (χ3n) is 4.19. The van der Waals surface area contributed by atoms with Crippen molar-refractivity contribution in [3.63, 3.8) is 0 Å². The van der Waals surface area contributed by atoms with Gasteiger partial charge in [-0.05, 0) is 48.5 Å². The van der Waals surface area contributed by atoms with Gasteiger partial charge in [-0.3, -0.25) is 9.78 Å². The Kier molecular flexibility index (Phi) is 6.33. The van der Waals surface area contributed by atoms with E-state index in [1.807, 2.05) is 0 Å². The Bertz CT molecular complexity index is 1230. The maximum atomic E-state index is 13.2. The molecule has 11 heteroatoms. The second kappa shape index (κ2) is 8.64. The average Bonchev–Trinajstić information content (AvgIpc) is 2.73. The molecule has 0 radical (unpaired) electrons. The Morgan fingerprint density at radius 2 is 1.77 bits per heavy atom. The van der Waals surface area contributed by atoms with Crippen LogP contribution in [0.25, 0.3) is 0 Å². The topological polar surface area (TPSA) is 76.1 Å². The fraction of sp³-hybridized carbons (Fsp3) is 0.100. The van der Waals surface area contributed by atoms with E-state index >= 15 is 0 Å². The van der Waals surface area contributed by atoms with Crippen LogP contribution in [0, 0.1) is 5.82 Å². The van der Waals surface area contributed by atoms with Gasteiger partial charge in [-0.15, -0.1) is 0 Å². The van der Waals surface area contributed by atoms with Gasteiger partial charge >= 0.3 is 6.18 Å². The normalized spacial score (nSPS) is 11.9. The van der Waals surface area contributed by atoms with E-state index in [-0.39, 0.29) is 22.0 Å². The monoisotopic (exact) mass is 472 g/mol. The number of hydrogen-bond acceptors (Lipinski definition) is 4. The number of halogens is 5. The van der Waals surface area contributed by atoms with E-state index in [9.17, 15) is 30.8 Å². The van der Waals surface area contributed by atoms with Crippen LogP contribution < -0.4 is 5.32 Å². The molecule has 162 valence electrons. The molecule has 0 unspecified atom stereocenters. The number of pyridine rings is 1. The molecule has 5 nitrogen and oxygen atoms in total. The van der Waals surface area contributed by atoms with E-state index in [0.717, 1.165) is 36.5 Å². The highest BCUT2D eigenvalue weighted by atomic mass is 35.5. The third-order valence-corrected chi connectivity index (χ3v) is 6.22. The SMILES string of the molecule is O=C(NCc1ccc(S(=O)(=O)c2cccc(C(F)(F)F)c2)cn1)c1ccc(F)c(Cl)c1. The van der Waals surface area contributed by atoms with Crippen molar-refractivity contribution in [2.45, 2.75) is 22.5 Å². The molecule has 1 N–H and O–H groups in total. The van der Waals surface area contributed by atoms with E-state index in [1.54, 1.807) is 0 Å². The minimum Gasteiger partial charge on any atom is -0.346 e. The highest BCUT2D eigenvalue weighted by Gasteiger charge is 2.32. The van der Waals surface area contributed by atoms with Gasteiger partial charge in [0.1, 0.15) is 5.82 Å². The number of nitrogens with zero attached hydrogens (tertiary/aromatic N) is 1. The molecule has 0 saturated heterocycles. The minimum absolute atomic E-state index is 0.0717. The van der Waals surface area contributed by atoms with Crippen molar-refractivity contribution in [2.75, 3.05) is 0 Å². The third kappa shape index (κ3) is 5.20. The first kappa shape index (κ1) is 22.7. The highest BCUT2D eigenvalue weighted by molar-refractivity contribution is 7.91. The fourth-order valence-electron chi connectivity index (χ4n) is 2.56. The molecule has 0 aliphatic carbocycles. The highest BCUT2D eigenvalue weighted by Crippen LogP contribution is 2.31. The Hall–Kier alpha value is -2.98. The zero-order chi connectivity index (χ0) is 22.8. The molecule has 3 aromatic rings. The summed E-state index contributed by atoms with van der Waals surface area (Å²) in [6.07, 6.45) is -3.69.